The maximum atomic E-state index is 12.6. The van der Waals surface area contributed by atoms with Crippen LogP contribution in [0.4, 0.5) is 0 Å². The molecule has 1 saturated heterocycles. The van der Waals surface area contributed by atoms with Crippen LogP contribution in [0.25, 0.3) is 0 Å². The van der Waals surface area contributed by atoms with Gasteiger partial charge in [0.15, 0.2) is 0 Å². The van der Waals surface area contributed by atoms with Gasteiger partial charge in [0.05, 0.1) is 0 Å². The molecule has 0 bridgehead atoms. The molecule has 1 aromatic carbocycles. The van der Waals surface area contributed by atoms with Crippen molar-refractivity contribution in [1.29, 1.82) is 0 Å². The van der Waals surface area contributed by atoms with E-state index in [4.69, 9.17) is 0 Å². The van der Waals surface area contributed by atoms with Gasteiger partial charge < -0.3 is 10.2 Å². The molecule has 1 atom stereocenters. The molecule has 1 aromatic rings. The molecule has 4 nitrogen and oxygen atoms in total. The summed E-state index contributed by atoms with van der Waals surface area (Å²) in [6.45, 7) is 0.530. The first kappa shape index (κ1) is 15.1. The van der Waals surface area contributed by atoms with Crippen LogP contribution in [0, 0.1) is 0 Å². The Hall–Kier alpha value is -1.84. The number of carbonyl (C=O) groups excluding carboxylic acids is 2. The highest BCUT2D eigenvalue weighted by molar-refractivity contribution is 5.91. The van der Waals surface area contributed by atoms with Gasteiger partial charge >= 0.3 is 0 Å². The van der Waals surface area contributed by atoms with Crippen LogP contribution >= 0.6 is 0 Å². The molecule has 22 heavy (non-hydrogen) atoms. The molecule has 2 aliphatic rings. The van der Waals surface area contributed by atoms with Gasteiger partial charge in [0.2, 0.25) is 11.8 Å². The van der Waals surface area contributed by atoms with Gasteiger partial charge in [-0.1, -0.05) is 49.6 Å². The molecule has 0 aromatic heterocycles. The van der Waals surface area contributed by atoms with Crippen molar-refractivity contribution in [3.8, 4) is 0 Å². The molecule has 118 valence electrons. The lowest BCUT2D eigenvalue weighted by Crippen LogP contribution is -2.48. The summed E-state index contributed by atoms with van der Waals surface area (Å²) in [5.74, 6) is 0.126. The van der Waals surface area contributed by atoms with Crippen LogP contribution in [0.3, 0.4) is 0 Å². The van der Waals surface area contributed by atoms with E-state index >= 15 is 0 Å². The summed E-state index contributed by atoms with van der Waals surface area (Å²) in [6.07, 6.45) is 6.94. The molecule has 1 heterocycles. The molecular formula is C18H24N2O2. The van der Waals surface area contributed by atoms with Crippen LogP contribution in [-0.4, -0.2) is 28.8 Å². The van der Waals surface area contributed by atoms with E-state index in [1.807, 2.05) is 30.3 Å². The smallest absolute Gasteiger partial charge is 0.243 e. The van der Waals surface area contributed by atoms with Crippen LogP contribution in [0.2, 0.25) is 0 Å². The highest BCUT2D eigenvalue weighted by Gasteiger charge is 2.36. The number of nitrogens with one attached hydrogen (secondary N) is 1. The first-order valence-electron chi connectivity index (χ1n) is 8.38. The molecular weight excluding hydrogens is 276 g/mol. The van der Waals surface area contributed by atoms with Crippen molar-refractivity contribution in [2.24, 2.45) is 0 Å². The van der Waals surface area contributed by atoms with Crippen molar-refractivity contribution in [3.05, 3.63) is 35.9 Å². The monoisotopic (exact) mass is 300 g/mol. The van der Waals surface area contributed by atoms with Gasteiger partial charge in [0.1, 0.15) is 6.04 Å². The number of benzene rings is 1. The number of amides is 2. The van der Waals surface area contributed by atoms with Crippen molar-refractivity contribution >= 4 is 11.8 Å². The first-order valence-corrected chi connectivity index (χ1v) is 8.38. The number of nitrogens with zero attached hydrogens (tertiary/aromatic N) is 1. The van der Waals surface area contributed by atoms with Crippen LogP contribution in [0.1, 0.15) is 50.5 Å². The van der Waals surface area contributed by atoms with E-state index in [9.17, 15) is 9.59 Å². The minimum Gasteiger partial charge on any atom is -0.352 e. The summed E-state index contributed by atoms with van der Waals surface area (Å²) in [5, 5.41) is 3.16. The van der Waals surface area contributed by atoms with Crippen molar-refractivity contribution in [1.82, 2.24) is 10.2 Å². The Labute approximate surface area is 131 Å². The number of likely N-dealkylation sites (tertiary alicyclic amines) is 1. The standard InChI is InChI=1S/C18H24N2O2/c21-17-12-11-16(18(22)19-15-9-5-2-6-10-15)20(17)13-14-7-3-1-4-8-14/h1,3-4,7-8,15-16H,2,5-6,9-13H2,(H,19,22). The molecule has 2 amide bonds. The van der Waals surface area contributed by atoms with E-state index in [2.05, 4.69) is 5.32 Å². The molecule has 1 aliphatic heterocycles. The zero-order chi connectivity index (χ0) is 15.4. The summed E-state index contributed by atoms with van der Waals surface area (Å²) >= 11 is 0. The topological polar surface area (TPSA) is 49.4 Å². The maximum absolute atomic E-state index is 12.6. The van der Waals surface area contributed by atoms with Crippen LogP contribution < -0.4 is 5.32 Å². The van der Waals surface area contributed by atoms with Crippen LogP contribution in [0.15, 0.2) is 30.3 Å². The fourth-order valence-corrected chi connectivity index (χ4v) is 3.53. The summed E-state index contributed by atoms with van der Waals surface area (Å²) < 4.78 is 0. The Balaban J connectivity index is 1.63. The lowest BCUT2D eigenvalue weighted by molar-refractivity contribution is -0.136. The molecule has 1 unspecified atom stereocenters. The van der Waals surface area contributed by atoms with Gasteiger partial charge in [-0.15, -0.1) is 0 Å². The van der Waals surface area contributed by atoms with Gasteiger partial charge in [0, 0.05) is 19.0 Å². The van der Waals surface area contributed by atoms with E-state index in [-0.39, 0.29) is 17.9 Å². The van der Waals surface area contributed by atoms with Crippen LogP contribution in [0.5, 0.6) is 0 Å². The van der Waals surface area contributed by atoms with Gasteiger partial charge in [-0.3, -0.25) is 9.59 Å². The molecule has 2 fully saturated rings. The molecule has 0 spiro atoms. The lowest BCUT2D eigenvalue weighted by atomic mass is 9.95. The Kier molecular flexibility index (Phi) is 4.76. The Morgan fingerprint density at radius 1 is 1.09 bits per heavy atom. The quantitative estimate of drug-likeness (QED) is 0.929. The Bertz CT molecular complexity index is 523. The third-order valence-corrected chi connectivity index (χ3v) is 4.78. The minimum absolute atomic E-state index is 0.0358. The molecule has 0 radical (unpaired) electrons. The Morgan fingerprint density at radius 3 is 2.55 bits per heavy atom. The van der Waals surface area contributed by atoms with E-state index in [1.54, 1.807) is 4.90 Å². The summed E-state index contributed by atoms with van der Waals surface area (Å²) in [7, 11) is 0. The number of carbonyl (C=O) groups is 2. The van der Waals surface area contributed by atoms with E-state index in [1.165, 1.54) is 19.3 Å². The van der Waals surface area contributed by atoms with Gasteiger partial charge in [-0.05, 0) is 24.8 Å². The second kappa shape index (κ2) is 6.95. The van der Waals surface area contributed by atoms with E-state index < -0.39 is 0 Å². The van der Waals surface area contributed by atoms with E-state index in [0.717, 1.165) is 18.4 Å². The number of hydrogen-bond donors (Lipinski definition) is 1. The zero-order valence-corrected chi connectivity index (χ0v) is 13.0. The van der Waals surface area contributed by atoms with Gasteiger partial charge in [-0.25, -0.2) is 0 Å². The molecule has 1 N–H and O–H groups in total. The van der Waals surface area contributed by atoms with E-state index in [0.29, 0.717) is 25.4 Å². The second-order valence-corrected chi connectivity index (χ2v) is 6.41. The van der Waals surface area contributed by atoms with Crippen molar-refractivity contribution < 1.29 is 9.59 Å². The van der Waals surface area contributed by atoms with Gasteiger partial charge in [-0.2, -0.15) is 0 Å². The largest absolute Gasteiger partial charge is 0.352 e. The second-order valence-electron chi connectivity index (χ2n) is 6.41. The van der Waals surface area contributed by atoms with Crippen molar-refractivity contribution in [2.45, 2.75) is 63.6 Å². The van der Waals surface area contributed by atoms with Gasteiger partial charge in [0.25, 0.3) is 0 Å². The highest BCUT2D eigenvalue weighted by atomic mass is 16.2. The number of rotatable bonds is 4. The summed E-state index contributed by atoms with van der Waals surface area (Å²) in [4.78, 5) is 26.4. The van der Waals surface area contributed by atoms with Crippen molar-refractivity contribution in [3.63, 3.8) is 0 Å². The summed E-state index contributed by atoms with van der Waals surface area (Å²) in [5.41, 5.74) is 1.08. The molecule has 1 aliphatic carbocycles. The average Bonchev–Trinajstić information content (AvgIpc) is 2.90. The summed E-state index contributed by atoms with van der Waals surface area (Å²) in [6, 6.07) is 9.90. The van der Waals surface area contributed by atoms with Crippen molar-refractivity contribution in [2.75, 3.05) is 0 Å². The third-order valence-electron chi connectivity index (χ3n) is 4.78. The average molecular weight is 300 g/mol. The molecule has 1 saturated carbocycles. The fraction of sp³-hybridized carbons (Fsp3) is 0.556. The fourth-order valence-electron chi connectivity index (χ4n) is 3.53. The SMILES string of the molecule is O=C(NC1CCCCC1)C1CCC(=O)N1Cc1ccccc1. The Morgan fingerprint density at radius 2 is 1.82 bits per heavy atom. The zero-order valence-electron chi connectivity index (χ0n) is 13.0. The number of hydrogen-bond acceptors (Lipinski definition) is 2. The van der Waals surface area contributed by atoms with Crippen LogP contribution in [-0.2, 0) is 16.1 Å². The normalized spacial score (nSPS) is 22.8. The first-order chi connectivity index (χ1) is 10.7. The molecule has 4 heteroatoms. The minimum atomic E-state index is -0.297. The molecule has 3 rings (SSSR count). The predicted molar refractivity (Wildman–Crippen MR) is 85.0 cm³/mol. The highest BCUT2D eigenvalue weighted by Crippen LogP contribution is 2.23. The maximum Gasteiger partial charge on any atom is 0.243 e. The predicted octanol–water partition coefficient (Wildman–Crippen LogP) is 2.63. The third kappa shape index (κ3) is 3.49. The lowest BCUT2D eigenvalue weighted by Gasteiger charge is -2.28.